The number of rotatable bonds is 8. The molecule has 27 heavy (non-hydrogen) atoms. The molecule has 0 fully saturated rings. The van der Waals surface area contributed by atoms with Crippen LogP contribution < -0.4 is 24.8 Å². The highest BCUT2D eigenvalue weighted by Gasteiger charge is 2.13. The molecule has 0 unspecified atom stereocenters. The van der Waals surface area contributed by atoms with E-state index in [-0.39, 0.29) is 6.79 Å². The Bertz CT molecular complexity index is 772. The summed E-state index contributed by atoms with van der Waals surface area (Å²) in [7, 11) is 0. The van der Waals surface area contributed by atoms with Crippen molar-refractivity contribution in [3.05, 3.63) is 33.8 Å². The normalized spacial score (nSPS) is 12.9. The van der Waals surface area contributed by atoms with E-state index in [4.69, 9.17) is 14.2 Å². The Morgan fingerprint density at radius 3 is 2.89 bits per heavy atom. The van der Waals surface area contributed by atoms with Crippen molar-refractivity contribution in [1.29, 1.82) is 0 Å². The number of aliphatic imine (C=N–C) groups is 1. The van der Waals surface area contributed by atoms with Gasteiger partial charge in [0.1, 0.15) is 12.4 Å². The molecule has 1 aromatic heterocycles. The number of hydrogen-bond acceptors (Lipinski definition) is 6. The van der Waals surface area contributed by atoms with Crippen LogP contribution in [-0.2, 0) is 6.42 Å². The van der Waals surface area contributed by atoms with Crippen molar-refractivity contribution in [1.82, 2.24) is 15.6 Å². The average Bonchev–Trinajstić information content (AvgIpc) is 3.24. The number of guanidine groups is 1. The van der Waals surface area contributed by atoms with Crippen molar-refractivity contribution in [3.8, 4) is 17.2 Å². The fourth-order valence-corrected chi connectivity index (χ4v) is 3.48. The van der Waals surface area contributed by atoms with Gasteiger partial charge in [-0.2, -0.15) is 0 Å². The number of ether oxygens (including phenoxy) is 3. The zero-order valence-electron chi connectivity index (χ0n) is 16.0. The monoisotopic (exact) mass is 390 g/mol. The van der Waals surface area contributed by atoms with Crippen LogP contribution in [0.15, 0.2) is 23.2 Å². The second kappa shape index (κ2) is 9.45. The van der Waals surface area contributed by atoms with Crippen LogP contribution in [0.25, 0.3) is 0 Å². The summed E-state index contributed by atoms with van der Waals surface area (Å²) in [5.74, 6) is 3.03. The maximum Gasteiger partial charge on any atom is 0.231 e. The van der Waals surface area contributed by atoms with Crippen LogP contribution in [0, 0.1) is 13.8 Å². The van der Waals surface area contributed by atoms with Crippen LogP contribution in [0.4, 0.5) is 0 Å². The molecule has 0 saturated heterocycles. The molecule has 0 saturated carbocycles. The van der Waals surface area contributed by atoms with Crippen LogP contribution in [0.3, 0.4) is 0 Å². The van der Waals surface area contributed by atoms with Gasteiger partial charge in [0, 0.05) is 30.5 Å². The van der Waals surface area contributed by atoms with Gasteiger partial charge < -0.3 is 24.8 Å². The maximum absolute atomic E-state index is 5.76. The van der Waals surface area contributed by atoms with E-state index < -0.39 is 0 Å². The van der Waals surface area contributed by atoms with Gasteiger partial charge in [-0.1, -0.05) is 0 Å². The lowest BCUT2D eigenvalue weighted by Crippen LogP contribution is -2.39. The molecule has 7 nitrogen and oxygen atoms in total. The molecule has 0 atom stereocenters. The maximum atomic E-state index is 5.76. The Morgan fingerprint density at radius 1 is 1.26 bits per heavy atom. The Morgan fingerprint density at radius 2 is 2.11 bits per heavy atom. The molecule has 3 rings (SSSR count). The summed E-state index contributed by atoms with van der Waals surface area (Å²) in [6.45, 7) is 9.15. The van der Waals surface area contributed by atoms with Gasteiger partial charge in [-0.3, -0.25) is 4.99 Å². The number of hydrogen-bond donors (Lipinski definition) is 2. The highest BCUT2D eigenvalue weighted by atomic mass is 32.1. The molecule has 1 aliphatic rings. The minimum absolute atomic E-state index is 0.267. The fraction of sp³-hybridized carbons (Fsp3) is 0.474. The van der Waals surface area contributed by atoms with E-state index >= 15 is 0 Å². The SMILES string of the molecule is CCNC(=NCCc1nc(C)c(C)s1)NCCOc1ccc2c(c1)OCO2. The topological polar surface area (TPSA) is 77.0 Å². The molecular formula is C19H26N4O3S. The number of nitrogens with one attached hydrogen (secondary N) is 2. The first-order valence-corrected chi connectivity index (χ1v) is 9.95. The smallest absolute Gasteiger partial charge is 0.231 e. The molecule has 0 bridgehead atoms. The second-order valence-electron chi connectivity index (χ2n) is 6.05. The van der Waals surface area contributed by atoms with Gasteiger partial charge in [0.15, 0.2) is 17.5 Å². The zero-order valence-corrected chi connectivity index (χ0v) is 16.8. The van der Waals surface area contributed by atoms with Crippen LogP contribution in [-0.4, -0.2) is 44.0 Å². The number of fused-ring (bicyclic) bond motifs is 1. The molecule has 0 amide bonds. The van der Waals surface area contributed by atoms with E-state index in [0.717, 1.165) is 46.9 Å². The molecule has 1 aromatic carbocycles. The van der Waals surface area contributed by atoms with E-state index in [1.54, 1.807) is 11.3 Å². The largest absolute Gasteiger partial charge is 0.492 e. The summed E-state index contributed by atoms with van der Waals surface area (Å²) in [4.78, 5) is 10.4. The van der Waals surface area contributed by atoms with E-state index in [0.29, 0.717) is 19.7 Å². The van der Waals surface area contributed by atoms with E-state index in [1.165, 1.54) is 4.88 Å². The number of thiazole rings is 1. The molecule has 0 spiro atoms. The van der Waals surface area contributed by atoms with Gasteiger partial charge in [-0.15, -0.1) is 11.3 Å². The lowest BCUT2D eigenvalue weighted by Gasteiger charge is -2.12. The number of aryl methyl sites for hydroxylation is 2. The summed E-state index contributed by atoms with van der Waals surface area (Å²) >= 11 is 1.75. The first-order valence-electron chi connectivity index (χ1n) is 9.13. The molecule has 0 radical (unpaired) electrons. The molecule has 0 aliphatic carbocycles. The quantitative estimate of drug-likeness (QED) is 0.410. The predicted molar refractivity (Wildman–Crippen MR) is 107 cm³/mol. The first-order chi connectivity index (χ1) is 13.2. The molecule has 8 heteroatoms. The highest BCUT2D eigenvalue weighted by Crippen LogP contribution is 2.34. The summed E-state index contributed by atoms with van der Waals surface area (Å²) in [6.07, 6.45) is 0.851. The Labute approximate surface area is 163 Å². The standard InChI is InChI=1S/C19H26N4O3S/c1-4-20-19(21-8-7-18-23-13(2)14(3)27-18)22-9-10-24-15-5-6-16-17(11-15)26-12-25-16/h5-6,11H,4,7-10,12H2,1-3H3,(H2,20,21,22). The molecule has 2 aromatic rings. The average molecular weight is 391 g/mol. The van der Waals surface area contributed by atoms with E-state index in [2.05, 4.69) is 27.5 Å². The van der Waals surface area contributed by atoms with Crippen molar-refractivity contribution in [2.24, 2.45) is 4.99 Å². The van der Waals surface area contributed by atoms with Crippen LogP contribution in [0.1, 0.15) is 22.5 Å². The summed E-state index contributed by atoms with van der Waals surface area (Å²) in [5.41, 5.74) is 1.12. The minimum atomic E-state index is 0.267. The van der Waals surface area contributed by atoms with Crippen LogP contribution in [0.5, 0.6) is 17.2 Å². The zero-order chi connectivity index (χ0) is 19.1. The predicted octanol–water partition coefficient (Wildman–Crippen LogP) is 2.67. The third-order valence-corrected chi connectivity index (χ3v) is 5.15. The second-order valence-corrected chi connectivity index (χ2v) is 7.34. The van der Waals surface area contributed by atoms with Gasteiger partial charge in [0.25, 0.3) is 0 Å². The molecule has 2 heterocycles. The summed E-state index contributed by atoms with van der Waals surface area (Å²) in [6, 6.07) is 5.59. The van der Waals surface area contributed by atoms with Gasteiger partial charge in [0.05, 0.1) is 17.2 Å². The van der Waals surface area contributed by atoms with Crippen molar-refractivity contribution in [3.63, 3.8) is 0 Å². The third-order valence-electron chi connectivity index (χ3n) is 4.02. The van der Waals surface area contributed by atoms with Gasteiger partial charge in [-0.25, -0.2) is 4.98 Å². The van der Waals surface area contributed by atoms with E-state index in [9.17, 15) is 0 Å². The Hall–Kier alpha value is -2.48. The van der Waals surface area contributed by atoms with Crippen LogP contribution >= 0.6 is 11.3 Å². The molecule has 146 valence electrons. The Balaban J connectivity index is 1.42. The molecular weight excluding hydrogens is 364 g/mol. The van der Waals surface area contributed by atoms with Gasteiger partial charge >= 0.3 is 0 Å². The minimum Gasteiger partial charge on any atom is -0.492 e. The van der Waals surface area contributed by atoms with Crippen LogP contribution in [0.2, 0.25) is 0 Å². The lowest BCUT2D eigenvalue weighted by atomic mass is 10.3. The number of aromatic nitrogens is 1. The van der Waals surface area contributed by atoms with Gasteiger partial charge in [-0.05, 0) is 32.9 Å². The molecule has 2 N–H and O–H groups in total. The fourth-order valence-electron chi connectivity index (χ4n) is 2.56. The lowest BCUT2D eigenvalue weighted by molar-refractivity contribution is 0.173. The van der Waals surface area contributed by atoms with Crippen molar-refractivity contribution < 1.29 is 14.2 Å². The molecule has 1 aliphatic heterocycles. The Kier molecular flexibility index (Phi) is 6.75. The third kappa shape index (κ3) is 5.50. The summed E-state index contributed by atoms with van der Waals surface area (Å²) in [5, 5.41) is 7.67. The van der Waals surface area contributed by atoms with Crippen molar-refractivity contribution >= 4 is 17.3 Å². The van der Waals surface area contributed by atoms with Gasteiger partial charge in [0.2, 0.25) is 6.79 Å². The number of nitrogens with zero attached hydrogens (tertiary/aromatic N) is 2. The number of benzene rings is 1. The van der Waals surface area contributed by atoms with Crippen molar-refractivity contribution in [2.75, 3.05) is 33.0 Å². The first kappa shape index (κ1) is 19.3. The van der Waals surface area contributed by atoms with E-state index in [1.807, 2.05) is 32.0 Å². The van der Waals surface area contributed by atoms with Crippen molar-refractivity contribution in [2.45, 2.75) is 27.2 Å². The summed E-state index contributed by atoms with van der Waals surface area (Å²) < 4.78 is 16.4. The highest BCUT2D eigenvalue weighted by molar-refractivity contribution is 7.11.